The van der Waals surface area contributed by atoms with Gasteiger partial charge in [-0.05, 0) is 45.2 Å². The summed E-state index contributed by atoms with van der Waals surface area (Å²) in [6.45, 7) is 4.62. The van der Waals surface area contributed by atoms with Crippen LogP contribution in [0.2, 0.25) is 5.02 Å². The van der Waals surface area contributed by atoms with Gasteiger partial charge in [-0.25, -0.2) is 4.98 Å². The van der Waals surface area contributed by atoms with E-state index in [2.05, 4.69) is 15.7 Å². The number of carbonyl (C=O) groups is 1. The normalized spacial score (nSPS) is 12.1. The second-order valence-electron chi connectivity index (χ2n) is 5.32. The van der Waals surface area contributed by atoms with Crippen molar-refractivity contribution in [2.45, 2.75) is 43.3 Å². The van der Waals surface area contributed by atoms with Gasteiger partial charge in [-0.2, -0.15) is 0 Å². The van der Waals surface area contributed by atoms with Crippen LogP contribution >= 0.6 is 34.7 Å². The molecule has 1 unspecified atom stereocenters. The largest absolute Gasteiger partial charge is 0.355 e. The number of rotatable bonds is 8. The molecule has 0 bridgehead atoms. The lowest BCUT2D eigenvalue weighted by atomic mass is 10.2. The number of benzene rings is 1. The smallest absolute Gasteiger partial charge is 0.233 e. The first-order chi connectivity index (χ1) is 11.1. The van der Waals surface area contributed by atoms with E-state index in [9.17, 15) is 4.79 Å². The summed E-state index contributed by atoms with van der Waals surface area (Å²) in [5.41, 5.74) is 1.09. The monoisotopic (exact) mass is 368 g/mol. The van der Waals surface area contributed by atoms with Crippen molar-refractivity contribution in [3.63, 3.8) is 0 Å². The minimum atomic E-state index is -0.156. The molecule has 1 aromatic heterocycles. The highest BCUT2D eigenvalue weighted by Crippen LogP contribution is 2.29. The third kappa shape index (κ3) is 6.16. The number of carbonyl (C=O) groups excluding carboxylic acids is 1. The van der Waals surface area contributed by atoms with Gasteiger partial charge in [-0.3, -0.25) is 4.79 Å². The number of nitrogens with zero attached hydrogens (tertiary/aromatic N) is 1. The van der Waals surface area contributed by atoms with Gasteiger partial charge in [0.25, 0.3) is 0 Å². The maximum atomic E-state index is 12.1. The fourth-order valence-corrected chi connectivity index (χ4v) is 4.05. The van der Waals surface area contributed by atoms with Gasteiger partial charge >= 0.3 is 0 Å². The third-order valence-electron chi connectivity index (χ3n) is 3.29. The minimum Gasteiger partial charge on any atom is -0.355 e. The number of hydrogen-bond acceptors (Lipinski definition) is 4. The lowest BCUT2D eigenvalue weighted by Gasteiger charge is -2.12. The molecule has 0 aliphatic rings. The number of halogens is 1. The van der Waals surface area contributed by atoms with Crippen LogP contribution in [-0.2, 0) is 11.2 Å². The number of amides is 1. The van der Waals surface area contributed by atoms with Gasteiger partial charge in [-0.15, -0.1) is 23.1 Å². The Hall–Kier alpha value is -1.04. The van der Waals surface area contributed by atoms with Gasteiger partial charge in [-0.1, -0.05) is 23.7 Å². The Kier molecular flexibility index (Phi) is 7.40. The summed E-state index contributed by atoms with van der Waals surface area (Å²) >= 11 is 9.32. The van der Waals surface area contributed by atoms with E-state index >= 15 is 0 Å². The first-order valence-corrected chi connectivity index (χ1v) is 9.80. The molecule has 0 radical (unpaired) electrons. The van der Waals surface area contributed by atoms with E-state index in [4.69, 9.17) is 11.6 Å². The lowest BCUT2D eigenvalue weighted by Crippen LogP contribution is -2.31. The van der Waals surface area contributed by atoms with Crippen molar-refractivity contribution in [1.29, 1.82) is 0 Å². The first-order valence-electron chi connectivity index (χ1n) is 7.66. The van der Waals surface area contributed by atoms with Crippen LogP contribution in [0.5, 0.6) is 0 Å². The molecule has 6 heteroatoms. The Morgan fingerprint density at radius 1 is 1.39 bits per heavy atom. The molecule has 0 spiro atoms. The number of nitrogens with one attached hydrogen (secondary N) is 1. The summed E-state index contributed by atoms with van der Waals surface area (Å²) in [5.74, 6) is 0.0556. The van der Waals surface area contributed by atoms with E-state index in [0.29, 0.717) is 11.6 Å². The molecule has 1 N–H and O–H groups in total. The van der Waals surface area contributed by atoms with Gasteiger partial charge in [0.15, 0.2) is 0 Å². The van der Waals surface area contributed by atoms with E-state index < -0.39 is 0 Å². The zero-order chi connectivity index (χ0) is 16.7. The standard InChI is InChI=1S/C17H21ClN2OS2/c1-12-11-22-16(20-12)9-5-6-10-19-17(21)13(2)23-15-8-4-3-7-14(15)18/h3-4,7-8,11,13H,5-6,9-10H2,1-2H3,(H,19,21). The van der Waals surface area contributed by atoms with Gasteiger partial charge < -0.3 is 5.32 Å². The van der Waals surface area contributed by atoms with Crippen molar-refractivity contribution < 1.29 is 4.79 Å². The summed E-state index contributed by atoms with van der Waals surface area (Å²) < 4.78 is 0. The second-order valence-corrected chi connectivity index (χ2v) is 8.05. The summed E-state index contributed by atoms with van der Waals surface area (Å²) in [4.78, 5) is 17.5. The van der Waals surface area contributed by atoms with Crippen molar-refractivity contribution in [2.24, 2.45) is 0 Å². The van der Waals surface area contributed by atoms with Gasteiger partial charge in [0.2, 0.25) is 5.91 Å². The molecule has 0 aliphatic heterocycles. The SMILES string of the molecule is Cc1csc(CCCCNC(=O)C(C)Sc2ccccc2Cl)n1. The van der Waals surface area contributed by atoms with Crippen LogP contribution in [0.25, 0.3) is 0 Å². The van der Waals surface area contributed by atoms with Crippen LogP contribution in [0.3, 0.4) is 0 Å². The van der Waals surface area contributed by atoms with Crippen LogP contribution < -0.4 is 5.32 Å². The lowest BCUT2D eigenvalue weighted by molar-refractivity contribution is -0.120. The molecule has 2 rings (SSSR count). The van der Waals surface area contributed by atoms with Gasteiger partial charge in [0.05, 0.1) is 15.3 Å². The number of unbranched alkanes of at least 4 members (excludes halogenated alkanes) is 1. The van der Waals surface area contributed by atoms with E-state index in [-0.39, 0.29) is 11.2 Å². The number of thiazole rings is 1. The highest BCUT2D eigenvalue weighted by atomic mass is 35.5. The molecule has 1 aromatic carbocycles. The quantitative estimate of drug-likeness (QED) is 0.541. The van der Waals surface area contributed by atoms with Crippen LogP contribution in [0.1, 0.15) is 30.5 Å². The molecule has 2 aromatic rings. The van der Waals surface area contributed by atoms with Crippen molar-refractivity contribution in [2.75, 3.05) is 6.54 Å². The molecule has 0 saturated heterocycles. The van der Waals surface area contributed by atoms with E-state index in [1.807, 2.05) is 38.1 Å². The fourth-order valence-electron chi connectivity index (χ4n) is 2.06. The number of hydrogen-bond donors (Lipinski definition) is 1. The molecular formula is C17H21ClN2OS2. The van der Waals surface area contributed by atoms with Gasteiger partial charge in [0, 0.05) is 22.5 Å². The number of aromatic nitrogens is 1. The summed E-state index contributed by atoms with van der Waals surface area (Å²) in [6, 6.07) is 7.60. The van der Waals surface area contributed by atoms with Crippen molar-refractivity contribution in [3.8, 4) is 0 Å². The second kappa shape index (κ2) is 9.30. The molecule has 124 valence electrons. The Morgan fingerprint density at radius 3 is 2.87 bits per heavy atom. The first kappa shape index (κ1) is 18.3. The molecule has 0 aliphatic carbocycles. The summed E-state index contributed by atoms with van der Waals surface area (Å²) in [6.07, 6.45) is 2.99. The molecule has 0 fully saturated rings. The molecular weight excluding hydrogens is 348 g/mol. The molecule has 23 heavy (non-hydrogen) atoms. The highest BCUT2D eigenvalue weighted by Gasteiger charge is 2.15. The molecule has 1 amide bonds. The minimum absolute atomic E-state index is 0.0556. The summed E-state index contributed by atoms with van der Waals surface area (Å²) in [5, 5.41) is 6.78. The molecule has 0 saturated carbocycles. The maximum absolute atomic E-state index is 12.1. The highest BCUT2D eigenvalue weighted by molar-refractivity contribution is 8.00. The van der Waals surface area contributed by atoms with E-state index in [1.165, 1.54) is 16.8 Å². The van der Waals surface area contributed by atoms with Crippen molar-refractivity contribution in [1.82, 2.24) is 10.3 Å². The molecule has 1 atom stereocenters. The summed E-state index contributed by atoms with van der Waals surface area (Å²) in [7, 11) is 0. The number of aryl methyl sites for hydroxylation is 2. The number of thioether (sulfide) groups is 1. The third-order valence-corrected chi connectivity index (χ3v) is 5.94. The Balaban J connectivity index is 1.65. The van der Waals surface area contributed by atoms with Crippen molar-refractivity contribution in [3.05, 3.63) is 45.4 Å². The average Bonchev–Trinajstić information content (AvgIpc) is 2.94. The van der Waals surface area contributed by atoms with E-state index in [0.717, 1.165) is 29.9 Å². The average molecular weight is 369 g/mol. The van der Waals surface area contributed by atoms with E-state index in [1.54, 1.807) is 11.3 Å². The predicted molar refractivity (Wildman–Crippen MR) is 99.6 cm³/mol. The van der Waals surface area contributed by atoms with Crippen LogP contribution in [-0.4, -0.2) is 22.7 Å². The van der Waals surface area contributed by atoms with Crippen molar-refractivity contribution >= 4 is 40.6 Å². The van der Waals surface area contributed by atoms with Gasteiger partial charge in [0.1, 0.15) is 0 Å². The van der Waals surface area contributed by atoms with Crippen LogP contribution in [0.15, 0.2) is 34.5 Å². The van der Waals surface area contributed by atoms with Crippen LogP contribution in [0.4, 0.5) is 0 Å². The Morgan fingerprint density at radius 2 is 2.17 bits per heavy atom. The Labute approximate surface area is 150 Å². The fraction of sp³-hybridized carbons (Fsp3) is 0.412. The topological polar surface area (TPSA) is 42.0 Å². The molecule has 1 heterocycles. The predicted octanol–water partition coefficient (Wildman–Crippen LogP) is 4.72. The Bertz CT molecular complexity index is 645. The molecule has 3 nitrogen and oxygen atoms in total. The maximum Gasteiger partial charge on any atom is 0.233 e. The van der Waals surface area contributed by atoms with Crippen LogP contribution in [0, 0.1) is 6.92 Å². The zero-order valence-corrected chi connectivity index (χ0v) is 15.7. The zero-order valence-electron chi connectivity index (χ0n) is 13.3.